The Kier molecular flexibility index (Phi) is 4.71. The van der Waals surface area contributed by atoms with E-state index in [1.165, 1.54) is 11.8 Å². The Morgan fingerprint density at radius 1 is 1.25 bits per heavy atom. The van der Waals surface area contributed by atoms with Gasteiger partial charge in [0.1, 0.15) is 11.6 Å². The predicted octanol–water partition coefficient (Wildman–Crippen LogP) is 3.32. The second-order valence-electron chi connectivity index (χ2n) is 7.99. The number of ether oxygens (including phenoxy) is 1. The van der Waals surface area contributed by atoms with Gasteiger partial charge in [-0.1, -0.05) is 6.92 Å². The van der Waals surface area contributed by atoms with Crippen LogP contribution in [-0.2, 0) is 4.74 Å². The van der Waals surface area contributed by atoms with Crippen LogP contribution in [0.25, 0.3) is 0 Å². The Hall–Kier alpha value is -1.60. The number of hydrogen-bond acceptors (Lipinski definition) is 3. The van der Waals surface area contributed by atoms with Crippen molar-refractivity contribution in [2.75, 3.05) is 13.1 Å². The molecule has 0 bridgehead atoms. The lowest BCUT2D eigenvalue weighted by Gasteiger charge is -2.43. The summed E-state index contributed by atoms with van der Waals surface area (Å²) in [5.74, 6) is -3.93. The molecule has 6 nitrogen and oxygen atoms in total. The molecule has 1 aliphatic heterocycles. The quantitative estimate of drug-likeness (QED) is 0.762. The largest absolute Gasteiger partial charge is 0.465 e. The number of alkyl halides is 2. The predicted molar refractivity (Wildman–Crippen MR) is 83.2 cm³/mol. The van der Waals surface area contributed by atoms with Gasteiger partial charge >= 0.3 is 12.2 Å². The van der Waals surface area contributed by atoms with E-state index in [-0.39, 0.29) is 19.5 Å². The molecule has 0 aromatic rings. The van der Waals surface area contributed by atoms with Crippen molar-refractivity contribution in [2.45, 2.75) is 64.5 Å². The Bertz CT molecular complexity index is 511. The molecule has 2 rings (SSSR count). The van der Waals surface area contributed by atoms with E-state index in [1.54, 1.807) is 20.8 Å². The Balaban J connectivity index is 2.18. The third kappa shape index (κ3) is 3.57. The van der Waals surface area contributed by atoms with Crippen molar-refractivity contribution in [1.29, 1.82) is 0 Å². The summed E-state index contributed by atoms with van der Waals surface area (Å²) in [5.41, 5.74) is -1.57. The number of nitrogens with zero attached hydrogens (tertiary/aromatic N) is 1. The molecule has 8 heteroatoms. The fourth-order valence-corrected chi connectivity index (χ4v) is 3.87. The normalized spacial score (nSPS) is 28.7. The van der Waals surface area contributed by atoms with E-state index in [0.717, 1.165) is 0 Å². The molecule has 0 aromatic heterocycles. The van der Waals surface area contributed by atoms with Crippen LogP contribution in [0.4, 0.5) is 18.4 Å². The van der Waals surface area contributed by atoms with Crippen molar-refractivity contribution in [3.8, 4) is 0 Å². The molecule has 1 saturated carbocycles. The van der Waals surface area contributed by atoms with E-state index >= 15 is 0 Å². The molecule has 0 unspecified atom stereocenters. The van der Waals surface area contributed by atoms with Crippen LogP contribution in [0.5, 0.6) is 0 Å². The molecule has 1 heterocycles. The van der Waals surface area contributed by atoms with Gasteiger partial charge in [0.25, 0.3) is 5.92 Å². The van der Waals surface area contributed by atoms with Gasteiger partial charge in [-0.2, -0.15) is 0 Å². The van der Waals surface area contributed by atoms with Crippen molar-refractivity contribution in [3.63, 3.8) is 0 Å². The molecule has 1 saturated heterocycles. The number of rotatable bonds is 1. The van der Waals surface area contributed by atoms with Gasteiger partial charge in [-0.25, -0.2) is 18.4 Å². The highest BCUT2D eigenvalue weighted by atomic mass is 19.3. The lowest BCUT2D eigenvalue weighted by Crippen LogP contribution is -2.57. The maximum Gasteiger partial charge on any atom is 0.408 e. The highest BCUT2D eigenvalue weighted by Crippen LogP contribution is 2.55. The number of amides is 2. The first-order valence-electron chi connectivity index (χ1n) is 8.23. The number of carboxylic acid groups (broad SMARTS) is 1. The van der Waals surface area contributed by atoms with E-state index < -0.39 is 41.1 Å². The van der Waals surface area contributed by atoms with Gasteiger partial charge in [-0.05, 0) is 40.0 Å². The number of carbonyl (C=O) groups is 2. The van der Waals surface area contributed by atoms with Crippen molar-refractivity contribution < 1.29 is 28.2 Å². The Labute approximate surface area is 140 Å². The number of piperidine rings is 1. The molecular formula is C16H26F2N2O4. The van der Waals surface area contributed by atoms with Gasteiger partial charge in [0.05, 0.1) is 0 Å². The Morgan fingerprint density at radius 2 is 1.79 bits per heavy atom. The Morgan fingerprint density at radius 3 is 2.25 bits per heavy atom. The van der Waals surface area contributed by atoms with Crippen molar-refractivity contribution in [2.24, 2.45) is 11.3 Å². The molecule has 2 aliphatic rings. The van der Waals surface area contributed by atoms with Crippen molar-refractivity contribution in [1.82, 2.24) is 10.2 Å². The second kappa shape index (κ2) is 6.04. The minimum absolute atomic E-state index is 0.199. The zero-order valence-electron chi connectivity index (χ0n) is 14.6. The summed E-state index contributed by atoms with van der Waals surface area (Å²) in [4.78, 5) is 24.3. The number of halogens is 2. The third-order valence-corrected chi connectivity index (χ3v) is 5.06. The van der Waals surface area contributed by atoms with Gasteiger partial charge in [0, 0.05) is 24.4 Å². The third-order valence-electron chi connectivity index (χ3n) is 5.06. The lowest BCUT2D eigenvalue weighted by molar-refractivity contribution is -0.0724. The summed E-state index contributed by atoms with van der Waals surface area (Å²) in [6, 6.07) is -1.34. The van der Waals surface area contributed by atoms with Crippen LogP contribution < -0.4 is 5.32 Å². The first-order valence-corrected chi connectivity index (χ1v) is 8.23. The average molecular weight is 348 g/mol. The van der Waals surface area contributed by atoms with Crippen LogP contribution in [0.1, 0.15) is 47.0 Å². The molecular weight excluding hydrogens is 322 g/mol. The van der Waals surface area contributed by atoms with Crippen molar-refractivity contribution in [3.05, 3.63) is 0 Å². The highest BCUT2D eigenvalue weighted by molar-refractivity contribution is 5.68. The number of nitrogens with one attached hydrogen (secondary N) is 1. The summed E-state index contributed by atoms with van der Waals surface area (Å²) >= 11 is 0. The van der Waals surface area contributed by atoms with Gasteiger partial charge in [-0.15, -0.1) is 0 Å². The van der Waals surface area contributed by atoms with Crippen LogP contribution in [0, 0.1) is 11.3 Å². The summed E-state index contributed by atoms with van der Waals surface area (Å²) in [6.45, 7) is 6.88. The van der Waals surface area contributed by atoms with Gasteiger partial charge < -0.3 is 20.1 Å². The van der Waals surface area contributed by atoms with Crippen LogP contribution in [-0.4, -0.2) is 52.8 Å². The molecule has 138 valence electrons. The summed E-state index contributed by atoms with van der Waals surface area (Å²) in [6.07, 6.45) is -1.03. The van der Waals surface area contributed by atoms with Gasteiger partial charge in [-0.3, -0.25) is 0 Å². The molecule has 24 heavy (non-hydrogen) atoms. The van der Waals surface area contributed by atoms with Crippen LogP contribution in [0.15, 0.2) is 0 Å². The highest BCUT2D eigenvalue weighted by Gasteiger charge is 2.64. The average Bonchev–Trinajstić information content (AvgIpc) is 2.58. The SMILES string of the molecule is C[C@@H]1CC2(CCN(C(=O)O)CC2)[C@H](NC(=O)OC(C)(C)C)C1(F)F. The van der Waals surface area contributed by atoms with E-state index in [9.17, 15) is 18.4 Å². The van der Waals surface area contributed by atoms with Crippen molar-refractivity contribution >= 4 is 12.2 Å². The fraction of sp³-hybridized carbons (Fsp3) is 0.875. The van der Waals surface area contributed by atoms with Crippen LogP contribution in [0.2, 0.25) is 0 Å². The standard InChI is InChI=1S/C16H26F2N2O4/c1-10-9-15(5-7-20(8-6-15)13(22)23)11(16(10,17)18)19-12(21)24-14(2,3)4/h10-11H,5-9H2,1-4H3,(H,19,21)(H,22,23)/t10-,11+/m1/s1. The monoisotopic (exact) mass is 348 g/mol. The van der Waals surface area contributed by atoms with Gasteiger partial charge in [0.2, 0.25) is 0 Å². The fourth-order valence-electron chi connectivity index (χ4n) is 3.87. The zero-order chi connectivity index (χ0) is 18.3. The summed E-state index contributed by atoms with van der Waals surface area (Å²) in [7, 11) is 0. The molecule has 1 aliphatic carbocycles. The second-order valence-corrected chi connectivity index (χ2v) is 7.99. The zero-order valence-corrected chi connectivity index (χ0v) is 14.6. The molecule has 2 amide bonds. The topological polar surface area (TPSA) is 78.9 Å². The van der Waals surface area contributed by atoms with Crippen LogP contribution >= 0.6 is 0 Å². The van der Waals surface area contributed by atoms with Crippen LogP contribution in [0.3, 0.4) is 0 Å². The van der Waals surface area contributed by atoms with Gasteiger partial charge in [0.15, 0.2) is 0 Å². The lowest BCUT2D eigenvalue weighted by atomic mass is 9.73. The van der Waals surface area contributed by atoms with E-state index in [4.69, 9.17) is 9.84 Å². The maximum atomic E-state index is 14.7. The minimum atomic E-state index is -3.05. The number of alkyl carbamates (subject to hydrolysis) is 1. The number of hydrogen-bond donors (Lipinski definition) is 2. The molecule has 1 spiro atoms. The van der Waals surface area contributed by atoms with E-state index in [2.05, 4.69) is 5.32 Å². The number of carbonyl (C=O) groups excluding carboxylic acids is 1. The first kappa shape index (κ1) is 18.7. The maximum absolute atomic E-state index is 14.7. The smallest absolute Gasteiger partial charge is 0.408 e. The molecule has 2 atom stereocenters. The molecule has 0 aromatic carbocycles. The first-order chi connectivity index (χ1) is 10.9. The molecule has 2 N–H and O–H groups in total. The minimum Gasteiger partial charge on any atom is -0.465 e. The summed E-state index contributed by atoms with van der Waals surface area (Å²) < 4.78 is 34.5. The van der Waals surface area contributed by atoms with E-state index in [0.29, 0.717) is 12.8 Å². The number of likely N-dealkylation sites (tertiary alicyclic amines) is 1. The summed E-state index contributed by atoms with van der Waals surface area (Å²) in [5, 5.41) is 11.4. The molecule has 0 radical (unpaired) electrons. The molecule has 2 fully saturated rings. The van der Waals surface area contributed by atoms with E-state index in [1.807, 2.05) is 0 Å².